The van der Waals surface area contributed by atoms with E-state index in [4.69, 9.17) is 4.74 Å². The maximum absolute atomic E-state index is 13.1. The molecule has 1 fully saturated rings. The fourth-order valence-corrected chi connectivity index (χ4v) is 3.79. The van der Waals surface area contributed by atoms with Gasteiger partial charge in [-0.05, 0) is 42.3 Å². The molecule has 158 valence electrons. The van der Waals surface area contributed by atoms with Crippen LogP contribution in [-0.4, -0.2) is 47.6 Å². The number of benzene rings is 2. The van der Waals surface area contributed by atoms with Crippen LogP contribution in [-0.2, 0) is 16.1 Å². The summed E-state index contributed by atoms with van der Waals surface area (Å²) in [6, 6.07) is 10.2. The molecular formula is C22H19N3O6. The van der Waals surface area contributed by atoms with Gasteiger partial charge in [-0.25, -0.2) is 0 Å². The first-order chi connectivity index (χ1) is 14.9. The van der Waals surface area contributed by atoms with E-state index in [1.807, 2.05) is 0 Å². The van der Waals surface area contributed by atoms with E-state index in [2.05, 4.69) is 10.6 Å². The predicted molar refractivity (Wildman–Crippen MR) is 107 cm³/mol. The molecule has 2 aromatic rings. The minimum atomic E-state index is -0.783. The summed E-state index contributed by atoms with van der Waals surface area (Å²) in [5.74, 6) is -2.13. The number of fused-ring (bicyclic) bond motifs is 1. The molecule has 9 nitrogen and oxygen atoms in total. The number of ether oxygens (including phenoxy) is 1. The topological polar surface area (TPSA) is 122 Å². The van der Waals surface area contributed by atoms with Crippen molar-refractivity contribution in [2.45, 2.75) is 25.4 Å². The summed E-state index contributed by atoms with van der Waals surface area (Å²) in [6.07, 6.45) is 0.363. The van der Waals surface area contributed by atoms with Gasteiger partial charge in [-0.15, -0.1) is 0 Å². The first-order valence-electron chi connectivity index (χ1n) is 9.65. The standard InChI is InChI=1S/C22H19N3O6/c1-31-14-7-5-12(6-8-14)19(27)24-20(28)15-4-2-3-13-11-25(22(30)18(13)15)16-9-10-17(26)23-21(16)29/h2-8,16H,9-11H2,1H3,(H,23,26,29)(H,24,27,28). The van der Waals surface area contributed by atoms with Crippen molar-refractivity contribution >= 4 is 29.5 Å². The lowest BCUT2D eigenvalue weighted by Crippen LogP contribution is -2.52. The van der Waals surface area contributed by atoms with E-state index in [-0.39, 0.29) is 42.0 Å². The average Bonchev–Trinajstić information content (AvgIpc) is 3.10. The summed E-state index contributed by atoms with van der Waals surface area (Å²) in [5.41, 5.74) is 1.06. The molecule has 9 heteroatoms. The number of carbonyl (C=O) groups excluding carboxylic acids is 5. The van der Waals surface area contributed by atoms with E-state index in [9.17, 15) is 24.0 Å². The van der Waals surface area contributed by atoms with Crippen molar-refractivity contribution in [2.75, 3.05) is 7.11 Å². The van der Waals surface area contributed by atoms with Gasteiger partial charge in [0, 0.05) is 18.5 Å². The van der Waals surface area contributed by atoms with Crippen LogP contribution in [0.3, 0.4) is 0 Å². The van der Waals surface area contributed by atoms with Gasteiger partial charge in [0.1, 0.15) is 11.8 Å². The van der Waals surface area contributed by atoms with Crippen molar-refractivity contribution in [1.82, 2.24) is 15.5 Å². The SMILES string of the molecule is COc1ccc(C(=O)NC(=O)c2cccc3c2C(=O)N(C2CCC(=O)NC2=O)C3)cc1. The number of rotatable bonds is 4. The number of nitrogens with zero attached hydrogens (tertiary/aromatic N) is 1. The second-order valence-electron chi connectivity index (χ2n) is 7.25. The molecule has 31 heavy (non-hydrogen) atoms. The molecule has 2 N–H and O–H groups in total. The number of hydrogen-bond acceptors (Lipinski definition) is 6. The maximum Gasteiger partial charge on any atom is 0.258 e. The Kier molecular flexibility index (Phi) is 5.24. The maximum atomic E-state index is 13.1. The molecule has 0 bridgehead atoms. The van der Waals surface area contributed by atoms with E-state index >= 15 is 0 Å². The van der Waals surface area contributed by atoms with E-state index in [0.717, 1.165) is 0 Å². The zero-order valence-corrected chi connectivity index (χ0v) is 16.6. The van der Waals surface area contributed by atoms with Crippen LogP contribution in [0.4, 0.5) is 0 Å². The highest BCUT2D eigenvalue weighted by Gasteiger charge is 2.40. The molecule has 0 radical (unpaired) electrons. The van der Waals surface area contributed by atoms with E-state index in [1.165, 1.54) is 30.2 Å². The van der Waals surface area contributed by atoms with Crippen LogP contribution in [0.1, 0.15) is 49.5 Å². The van der Waals surface area contributed by atoms with Gasteiger partial charge in [-0.2, -0.15) is 0 Å². The molecule has 2 aliphatic heterocycles. The third kappa shape index (κ3) is 3.77. The number of piperidine rings is 1. The van der Waals surface area contributed by atoms with Crippen LogP contribution >= 0.6 is 0 Å². The molecule has 4 rings (SSSR count). The molecule has 1 saturated heterocycles. The molecule has 0 spiro atoms. The quantitative estimate of drug-likeness (QED) is 0.711. The van der Waals surface area contributed by atoms with Crippen LogP contribution in [0.2, 0.25) is 0 Å². The van der Waals surface area contributed by atoms with E-state index < -0.39 is 29.7 Å². The van der Waals surface area contributed by atoms with Crippen molar-refractivity contribution < 1.29 is 28.7 Å². The minimum absolute atomic E-state index is 0.0548. The lowest BCUT2D eigenvalue weighted by molar-refractivity contribution is -0.136. The number of hydrogen-bond donors (Lipinski definition) is 2. The third-order valence-corrected chi connectivity index (χ3v) is 5.38. The molecule has 5 amide bonds. The van der Waals surface area contributed by atoms with Crippen LogP contribution in [0.5, 0.6) is 5.75 Å². The number of amides is 5. The summed E-state index contributed by atoms with van der Waals surface area (Å²) in [5, 5.41) is 4.53. The molecule has 1 unspecified atom stereocenters. The van der Waals surface area contributed by atoms with E-state index in [0.29, 0.717) is 11.3 Å². The fourth-order valence-electron chi connectivity index (χ4n) is 3.79. The van der Waals surface area contributed by atoms with Gasteiger partial charge in [0.2, 0.25) is 11.8 Å². The lowest BCUT2D eigenvalue weighted by Gasteiger charge is -2.29. The third-order valence-electron chi connectivity index (χ3n) is 5.38. The molecule has 2 heterocycles. The van der Waals surface area contributed by atoms with Gasteiger partial charge in [0.15, 0.2) is 0 Å². The van der Waals surface area contributed by atoms with Crippen molar-refractivity contribution in [3.8, 4) is 5.75 Å². The highest BCUT2D eigenvalue weighted by atomic mass is 16.5. The van der Waals surface area contributed by atoms with Gasteiger partial charge in [-0.3, -0.25) is 34.6 Å². The highest BCUT2D eigenvalue weighted by molar-refractivity contribution is 6.16. The van der Waals surface area contributed by atoms with Gasteiger partial charge < -0.3 is 9.64 Å². The van der Waals surface area contributed by atoms with Gasteiger partial charge in [-0.1, -0.05) is 12.1 Å². The number of imide groups is 2. The van der Waals surface area contributed by atoms with Crippen LogP contribution in [0, 0.1) is 0 Å². The number of carbonyl (C=O) groups is 5. The predicted octanol–water partition coefficient (Wildman–Crippen LogP) is 1.03. The number of nitrogens with one attached hydrogen (secondary N) is 2. The Hall–Kier alpha value is -4.01. The average molecular weight is 421 g/mol. The Balaban J connectivity index is 1.54. The normalized spacial score (nSPS) is 17.8. The Morgan fingerprint density at radius 2 is 1.81 bits per heavy atom. The second-order valence-corrected chi connectivity index (χ2v) is 7.25. The van der Waals surface area contributed by atoms with Crippen molar-refractivity contribution in [1.29, 1.82) is 0 Å². The fraction of sp³-hybridized carbons (Fsp3) is 0.227. The Morgan fingerprint density at radius 3 is 2.48 bits per heavy atom. The summed E-state index contributed by atoms with van der Waals surface area (Å²) in [4.78, 5) is 63.3. The molecule has 0 aliphatic carbocycles. The summed E-state index contributed by atoms with van der Waals surface area (Å²) >= 11 is 0. The first-order valence-corrected chi connectivity index (χ1v) is 9.65. The number of methoxy groups -OCH3 is 1. The summed E-state index contributed by atoms with van der Waals surface area (Å²) < 4.78 is 5.05. The first kappa shape index (κ1) is 20.3. The zero-order chi connectivity index (χ0) is 22.1. The second kappa shape index (κ2) is 8.02. The van der Waals surface area contributed by atoms with Gasteiger partial charge in [0.05, 0.1) is 18.2 Å². The molecule has 0 saturated carbocycles. The molecular weight excluding hydrogens is 402 g/mol. The van der Waals surface area contributed by atoms with Crippen LogP contribution in [0.15, 0.2) is 42.5 Å². The highest BCUT2D eigenvalue weighted by Crippen LogP contribution is 2.29. The summed E-state index contributed by atoms with van der Waals surface area (Å²) in [6.45, 7) is 0.147. The van der Waals surface area contributed by atoms with Crippen LogP contribution in [0.25, 0.3) is 0 Å². The molecule has 2 aliphatic rings. The minimum Gasteiger partial charge on any atom is -0.497 e. The monoisotopic (exact) mass is 421 g/mol. The Morgan fingerprint density at radius 1 is 1.06 bits per heavy atom. The van der Waals surface area contributed by atoms with Crippen molar-refractivity contribution in [3.05, 3.63) is 64.7 Å². The van der Waals surface area contributed by atoms with Gasteiger partial charge >= 0.3 is 0 Å². The van der Waals surface area contributed by atoms with Crippen molar-refractivity contribution in [2.24, 2.45) is 0 Å². The molecule has 2 aromatic carbocycles. The zero-order valence-electron chi connectivity index (χ0n) is 16.6. The molecule has 1 atom stereocenters. The van der Waals surface area contributed by atoms with Crippen LogP contribution < -0.4 is 15.4 Å². The van der Waals surface area contributed by atoms with Crippen molar-refractivity contribution in [3.63, 3.8) is 0 Å². The summed E-state index contributed by atoms with van der Waals surface area (Å²) in [7, 11) is 1.50. The Labute approximate surface area is 177 Å². The Bertz CT molecular complexity index is 1110. The largest absolute Gasteiger partial charge is 0.497 e. The molecule has 0 aromatic heterocycles. The van der Waals surface area contributed by atoms with Gasteiger partial charge in [0.25, 0.3) is 17.7 Å². The smallest absolute Gasteiger partial charge is 0.258 e. The lowest BCUT2D eigenvalue weighted by atomic mass is 10.0. The van der Waals surface area contributed by atoms with E-state index in [1.54, 1.807) is 24.3 Å².